The Labute approximate surface area is 213 Å². The van der Waals surface area contributed by atoms with Crippen LogP contribution in [0, 0.1) is 5.92 Å². The second-order valence-electron chi connectivity index (χ2n) is 9.50. The van der Waals surface area contributed by atoms with Crippen molar-refractivity contribution in [3.63, 3.8) is 0 Å². The Hall–Kier alpha value is -2.95. The van der Waals surface area contributed by atoms with Gasteiger partial charge in [-0.15, -0.1) is 0 Å². The van der Waals surface area contributed by atoms with E-state index in [0.717, 1.165) is 19.4 Å². The number of carboxylic acid groups (broad SMARTS) is 1. The van der Waals surface area contributed by atoms with Crippen molar-refractivity contribution in [3.8, 4) is 0 Å². The molecular formula is C22H35N9O6. The van der Waals surface area contributed by atoms with Crippen molar-refractivity contribution in [2.75, 3.05) is 45.0 Å². The van der Waals surface area contributed by atoms with Crippen LogP contribution in [0.1, 0.15) is 25.5 Å². The van der Waals surface area contributed by atoms with E-state index >= 15 is 0 Å². The molecule has 2 aliphatic heterocycles. The number of rotatable bonds is 11. The fraction of sp³-hybridized carbons (Fsp3) is 0.682. The Bertz CT molecular complexity index is 1080. The molecule has 1 unspecified atom stereocenters. The summed E-state index contributed by atoms with van der Waals surface area (Å²) in [6.45, 7) is 2.72. The van der Waals surface area contributed by atoms with E-state index in [1.165, 1.54) is 17.2 Å². The number of nitrogen functional groups attached to an aromatic ring is 1. The van der Waals surface area contributed by atoms with Crippen LogP contribution in [0.2, 0.25) is 0 Å². The van der Waals surface area contributed by atoms with Gasteiger partial charge in [-0.05, 0) is 25.8 Å². The van der Waals surface area contributed by atoms with Gasteiger partial charge in [0.2, 0.25) is 5.91 Å². The van der Waals surface area contributed by atoms with Crippen LogP contribution in [0.3, 0.4) is 0 Å². The van der Waals surface area contributed by atoms with Crippen LogP contribution in [0.25, 0.3) is 11.2 Å². The summed E-state index contributed by atoms with van der Waals surface area (Å²) in [7, 11) is 0. The van der Waals surface area contributed by atoms with Gasteiger partial charge in [0.25, 0.3) is 0 Å². The number of amides is 1. The maximum Gasteiger partial charge on any atom is 0.320 e. The molecule has 6 atom stereocenters. The van der Waals surface area contributed by atoms with Crippen molar-refractivity contribution in [3.05, 3.63) is 12.7 Å². The largest absolute Gasteiger partial charge is 0.480 e. The second-order valence-corrected chi connectivity index (χ2v) is 9.50. The van der Waals surface area contributed by atoms with E-state index < -0.39 is 36.6 Å². The number of ether oxygens (including phenoxy) is 1. The van der Waals surface area contributed by atoms with Gasteiger partial charge in [-0.3, -0.25) is 19.1 Å². The van der Waals surface area contributed by atoms with E-state index in [1.807, 2.05) is 4.90 Å². The quantitative estimate of drug-likeness (QED) is 0.159. The van der Waals surface area contributed by atoms with E-state index in [1.54, 1.807) is 0 Å². The number of anilines is 1. The Kier molecular flexibility index (Phi) is 8.83. The number of nitrogens with two attached hydrogens (primary N) is 2. The van der Waals surface area contributed by atoms with Gasteiger partial charge in [0.1, 0.15) is 36.2 Å². The van der Waals surface area contributed by atoms with Gasteiger partial charge in [0, 0.05) is 32.7 Å². The molecule has 2 aromatic heterocycles. The highest BCUT2D eigenvalue weighted by molar-refractivity contribution is 5.81. The molecule has 2 fully saturated rings. The molecule has 2 saturated heterocycles. The van der Waals surface area contributed by atoms with Gasteiger partial charge in [-0.25, -0.2) is 15.0 Å². The van der Waals surface area contributed by atoms with Crippen LogP contribution in [0.4, 0.5) is 5.82 Å². The summed E-state index contributed by atoms with van der Waals surface area (Å²) in [5.74, 6) is -1.05. The second kappa shape index (κ2) is 12.1. The molecule has 37 heavy (non-hydrogen) atoms. The Morgan fingerprint density at radius 3 is 2.81 bits per heavy atom. The number of hydrogen-bond acceptors (Lipinski definition) is 12. The maximum atomic E-state index is 12.5. The minimum absolute atomic E-state index is 0.0322. The summed E-state index contributed by atoms with van der Waals surface area (Å²) in [5, 5.41) is 36.8. The monoisotopic (exact) mass is 521 g/mol. The number of hydrogen-bond donors (Lipinski definition) is 7. The molecule has 4 rings (SSSR count). The lowest BCUT2D eigenvalue weighted by Crippen LogP contribution is -2.46. The molecule has 15 nitrogen and oxygen atoms in total. The van der Waals surface area contributed by atoms with Crippen LogP contribution in [-0.4, -0.2) is 115 Å². The van der Waals surface area contributed by atoms with Crippen LogP contribution < -0.4 is 22.1 Å². The molecule has 1 amide bonds. The van der Waals surface area contributed by atoms with Crippen molar-refractivity contribution in [2.45, 2.75) is 49.8 Å². The number of aliphatic hydroxyl groups excluding tert-OH is 2. The number of nitrogens with one attached hydrogen (secondary N) is 2. The topological polar surface area (TPSA) is 227 Å². The predicted molar refractivity (Wildman–Crippen MR) is 131 cm³/mol. The lowest BCUT2D eigenvalue weighted by molar-refractivity contribution is -0.138. The van der Waals surface area contributed by atoms with E-state index in [9.17, 15) is 19.8 Å². The highest BCUT2D eigenvalue weighted by atomic mass is 16.6. The number of aliphatic carboxylic acids is 1. The number of nitrogens with zero attached hydrogens (tertiary/aromatic N) is 5. The average molecular weight is 522 g/mol. The smallest absolute Gasteiger partial charge is 0.320 e. The van der Waals surface area contributed by atoms with Gasteiger partial charge in [0.15, 0.2) is 17.7 Å². The third kappa shape index (κ3) is 6.31. The molecule has 204 valence electrons. The van der Waals surface area contributed by atoms with Crippen molar-refractivity contribution in [1.82, 2.24) is 35.1 Å². The fourth-order valence-electron chi connectivity index (χ4n) is 4.72. The molecular weight excluding hydrogens is 486 g/mol. The Morgan fingerprint density at radius 2 is 2.08 bits per heavy atom. The number of carbonyl (C=O) groups excluding carboxylic acids is 1. The number of piperidine rings is 1. The van der Waals surface area contributed by atoms with Crippen molar-refractivity contribution < 1.29 is 29.6 Å². The normalized spacial score (nSPS) is 27.0. The molecule has 2 aliphatic rings. The van der Waals surface area contributed by atoms with Gasteiger partial charge in [-0.1, -0.05) is 0 Å². The predicted octanol–water partition coefficient (Wildman–Crippen LogP) is -2.75. The summed E-state index contributed by atoms with van der Waals surface area (Å²) in [6, 6.07) is -1.05. The summed E-state index contributed by atoms with van der Waals surface area (Å²) >= 11 is 0. The lowest BCUT2D eigenvalue weighted by atomic mass is 9.99. The molecule has 0 saturated carbocycles. The zero-order chi connectivity index (χ0) is 26.5. The summed E-state index contributed by atoms with van der Waals surface area (Å²) in [6.07, 6.45) is 0.331. The molecule has 15 heteroatoms. The SMILES string of the molecule is Nc1ncnc2c1ncn2[C@@H]1O[C@H](CN(CCNC(=O)C2CCCNC2)CC[C@H](N)C(=O)O)[C@@H](O)[C@H]1O. The van der Waals surface area contributed by atoms with Crippen molar-refractivity contribution in [2.24, 2.45) is 11.7 Å². The first-order chi connectivity index (χ1) is 17.8. The average Bonchev–Trinajstić information content (AvgIpc) is 3.44. The van der Waals surface area contributed by atoms with Crippen LogP contribution in [0.15, 0.2) is 12.7 Å². The summed E-state index contributed by atoms with van der Waals surface area (Å²) in [5.41, 5.74) is 12.2. The standard InChI is InChI=1S/C22H35N9O6/c23-13(22(35)36)3-6-30(7-5-26-20(34)12-2-1-4-25-8-12)9-14-16(32)17(33)21(37-14)31-11-29-15-18(24)27-10-28-19(15)31/h10-14,16-17,21,25,32-33H,1-9,23H2,(H,26,34)(H,35,36)(H2,24,27,28)/t12?,13-,14+,16+,17+,21+/m0/s1. The van der Waals surface area contributed by atoms with Gasteiger partial charge in [0.05, 0.1) is 12.2 Å². The number of carboxylic acids is 1. The highest BCUT2D eigenvalue weighted by Crippen LogP contribution is 2.32. The first-order valence-electron chi connectivity index (χ1n) is 12.4. The number of imidazole rings is 1. The van der Waals surface area contributed by atoms with Crippen molar-refractivity contribution >= 4 is 28.9 Å². The van der Waals surface area contributed by atoms with Crippen LogP contribution in [0.5, 0.6) is 0 Å². The van der Waals surface area contributed by atoms with E-state index in [4.69, 9.17) is 21.3 Å². The molecule has 2 aromatic rings. The minimum atomic E-state index is -1.28. The highest BCUT2D eigenvalue weighted by Gasteiger charge is 2.45. The zero-order valence-corrected chi connectivity index (χ0v) is 20.4. The third-order valence-electron chi connectivity index (χ3n) is 6.91. The zero-order valence-electron chi connectivity index (χ0n) is 20.4. The number of fused-ring (bicyclic) bond motifs is 1. The lowest BCUT2D eigenvalue weighted by Gasteiger charge is -2.28. The van der Waals surface area contributed by atoms with E-state index in [2.05, 4.69) is 25.6 Å². The summed E-state index contributed by atoms with van der Waals surface area (Å²) in [4.78, 5) is 37.8. The number of aliphatic hydroxyl groups is 2. The van der Waals surface area contributed by atoms with Crippen LogP contribution in [-0.2, 0) is 14.3 Å². The first-order valence-corrected chi connectivity index (χ1v) is 12.4. The summed E-state index contributed by atoms with van der Waals surface area (Å²) < 4.78 is 7.51. The van der Waals surface area contributed by atoms with Gasteiger partial charge < -0.3 is 42.2 Å². The molecule has 4 heterocycles. The minimum Gasteiger partial charge on any atom is -0.480 e. The molecule has 0 spiro atoms. The molecule has 0 aliphatic carbocycles. The third-order valence-corrected chi connectivity index (χ3v) is 6.91. The van der Waals surface area contributed by atoms with E-state index in [0.29, 0.717) is 37.3 Å². The molecule has 0 bridgehead atoms. The van der Waals surface area contributed by atoms with Gasteiger partial charge in [-0.2, -0.15) is 0 Å². The van der Waals surface area contributed by atoms with Gasteiger partial charge >= 0.3 is 5.97 Å². The maximum absolute atomic E-state index is 12.5. The molecule has 0 aromatic carbocycles. The fourth-order valence-corrected chi connectivity index (χ4v) is 4.72. The molecule has 9 N–H and O–H groups in total. The van der Waals surface area contributed by atoms with Crippen molar-refractivity contribution in [1.29, 1.82) is 0 Å². The number of aromatic nitrogens is 4. The molecule has 0 radical (unpaired) electrons. The first kappa shape index (κ1) is 27.1. The Balaban J connectivity index is 1.40. The van der Waals surface area contributed by atoms with Crippen LogP contribution >= 0.6 is 0 Å². The Morgan fingerprint density at radius 1 is 1.27 bits per heavy atom. The van der Waals surface area contributed by atoms with E-state index in [-0.39, 0.29) is 30.6 Å². The number of carbonyl (C=O) groups is 2.